The zero-order valence-electron chi connectivity index (χ0n) is 15.0. The molecule has 2 aromatic rings. The molecule has 1 aliphatic heterocycles. The highest BCUT2D eigenvalue weighted by molar-refractivity contribution is 7.92. The maximum Gasteiger partial charge on any atom is 0.276 e. The Hall–Kier alpha value is -2.10. The van der Waals surface area contributed by atoms with Crippen LogP contribution in [0.2, 0.25) is 0 Å². The summed E-state index contributed by atoms with van der Waals surface area (Å²) in [5, 5.41) is 13.1. The zero-order valence-corrected chi connectivity index (χ0v) is 16.7. The third-order valence-electron chi connectivity index (χ3n) is 4.20. The molecule has 1 aromatic carbocycles. The van der Waals surface area contributed by atoms with Gasteiger partial charge in [0, 0.05) is 42.1 Å². The monoisotopic (exact) mass is 413 g/mol. The second-order valence-corrected chi connectivity index (χ2v) is 8.10. The molecule has 0 atom stereocenters. The lowest BCUT2D eigenvalue weighted by Crippen LogP contribution is -2.25. The molecule has 27 heavy (non-hydrogen) atoms. The van der Waals surface area contributed by atoms with Gasteiger partial charge in [-0.15, -0.1) is 12.4 Å². The zero-order chi connectivity index (χ0) is 18.6. The average molecular weight is 414 g/mol. The van der Waals surface area contributed by atoms with Gasteiger partial charge in [0.05, 0.1) is 5.75 Å². The first kappa shape index (κ1) is 21.2. The van der Waals surface area contributed by atoms with Gasteiger partial charge >= 0.3 is 0 Å². The number of nitrogens with one attached hydrogen (secondary N) is 4. The molecule has 0 unspecified atom stereocenters. The lowest BCUT2D eigenvalue weighted by Gasteiger charge is -2.13. The fraction of sp³-hybridized carbons (Fsp3) is 0.412. The first-order valence-electron chi connectivity index (χ1n) is 8.67. The number of H-pyrrole nitrogens is 1. The van der Waals surface area contributed by atoms with Crippen LogP contribution in [0.5, 0.6) is 0 Å². The van der Waals surface area contributed by atoms with E-state index in [1.807, 2.05) is 6.92 Å². The molecule has 2 heterocycles. The summed E-state index contributed by atoms with van der Waals surface area (Å²) in [5.74, 6) is -0.192. The van der Waals surface area contributed by atoms with Crippen molar-refractivity contribution in [1.82, 2.24) is 15.5 Å². The minimum absolute atomic E-state index is 0. The third-order valence-corrected chi connectivity index (χ3v) is 5.58. The van der Waals surface area contributed by atoms with Crippen molar-refractivity contribution in [2.45, 2.75) is 32.7 Å². The van der Waals surface area contributed by atoms with Crippen LogP contribution in [-0.4, -0.2) is 36.8 Å². The number of hydrogen-bond donors (Lipinski definition) is 4. The summed E-state index contributed by atoms with van der Waals surface area (Å²) in [6, 6.07) is 6.57. The van der Waals surface area contributed by atoms with E-state index in [-0.39, 0.29) is 24.1 Å². The van der Waals surface area contributed by atoms with Crippen LogP contribution in [0.4, 0.5) is 11.4 Å². The molecule has 8 nitrogen and oxygen atoms in total. The number of aromatic nitrogens is 2. The molecular formula is C17H24ClN5O3S. The molecule has 1 aromatic heterocycles. The lowest BCUT2D eigenvalue weighted by atomic mass is 10.1. The normalized spacial score (nSPS) is 13.4. The number of benzene rings is 1. The molecule has 0 bridgehead atoms. The van der Waals surface area contributed by atoms with Crippen LogP contribution in [0.1, 0.15) is 41.5 Å². The van der Waals surface area contributed by atoms with E-state index in [0.717, 1.165) is 30.6 Å². The van der Waals surface area contributed by atoms with Crippen LogP contribution >= 0.6 is 12.4 Å². The van der Waals surface area contributed by atoms with Gasteiger partial charge in [0.2, 0.25) is 10.0 Å². The Kier molecular flexibility index (Phi) is 7.23. The third kappa shape index (κ3) is 5.44. The molecule has 10 heteroatoms. The van der Waals surface area contributed by atoms with Gasteiger partial charge in [-0.1, -0.05) is 13.3 Å². The van der Waals surface area contributed by atoms with Gasteiger partial charge < -0.3 is 10.6 Å². The second kappa shape index (κ2) is 9.20. The summed E-state index contributed by atoms with van der Waals surface area (Å²) < 4.78 is 26.4. The number of nitrogens with zero attached hydrogens (tertiary/aromatic N) is 1. The second-order valence-electron chi connectivity index (χ2n) is 6.26. The van der Waals surface area contributed by atoms with E-state index in [4.69, 9.17) is 0 Å². The number of hydrogen-bond acceptors (Lipinski definition) is 5. The van der Waals surface area contributed by atoms with Crippen LogP contribution in [0.3, 0.4) is 0 Å². The number of unbranched alkanes of at least 4 members (excludes halogenated alkanes) is 1. The van der Waals surface area contributed by atoms with Gasteiger partial charge in [0.25, 0.3) is 5.91 Å². The van der Waals surface area contributed by atoms with E-state index in [2.05, 4.69) is 25.6 Å². The highest BCUT2D eigenvalue weighted by Gasteiger charge is 2.21. The van der Waals surface area contributed by atoms with Gasteiger partial charge in [-0.05, 0) is 30.7 Å². The van der Waals surface area contributed by atoms with Crippen molar-refractivity contribution in [1.29, 1.82) is 0 Å². The van der Waals surface area contributed by atoms with E-state index in [1.165, 1.54) is 0 Å². The molecule has 3 rings (SSSR count). The Balaban J connectivity index is 0.00000261. The van der Waals surface area contributed by atoms with Crippen molar-refractivity contribution in [3.63, 3.8) is 0 Å². The van der Waals surface area contributed by atoms with E-state index in [0.29, 0.717) is 30.0 Å². The largest absolute Gasteiger partial charge is 0.321 e. The molecular weight excluding hydrogens is 390 g/mol. The quantitative estimate of drug-likeness (QED) is 0.555. The Morgan fingerprint density at radius 3 is 2.63 bits per heavy atom. The van der Waals surface area contributed by atoms with E-state index in [1.54, 1.807) is 24.3 Å². The first-order valence-corrected chi connectivity index (χ1v) is 10.3. The van der Waals surface area contributed by atoms with Crippen molar-refractivity contribution in [2.75, 3.05) is 22.3 Å². The number of carbonyl (C=O) groups is 1. The number of rotatable bonds is 7. The van der Waals surface area contributed by atoms with Gasteiger partial charge in [-0.25, -0.2) is 8.42 Å². The average Bonchev–Trinajstić information content (AvgIpc) is 3.06. The SMILES string of the molecule is CCCCS(=O)(=O)Nc1ccc(NC(=O)c2n[nH]c3c2CNCC3)cc1.Cl. The summed E-state index contributed by atoms with van der Waals surface area (Å²) in [6.45, 7) is 3.43. The highest BCUT2D eigenvalue weighted by atomic mass is 35.5. The van der Waals surface area contributed by atoms with E-state index in [9.17, 15) is 13.2 Å². The maximum absolute atomic E-state index is 12.4. The van der Waals surface area contributed by atoms with Crippen LogP contribution in [0.15, 0.2) is 24.3 Å². The van der Waals surface area contributed by atoms with Crippen molar-refractivity contribution < 1.29 is 13.2 Å². The Labute approximate surface area is 165 Å². The molecule has 1 aliphatic rings. The van der Waals surface area contributed by atoms with Crippen LogP contribution < -0.4 is 15.4 Å². The molecule has 4 N–H and O–H groups in total. The summed E-state index contributed by atoms with van der Waals surface area (Å²) in [6.07, 6.45) is 2.26. The maximum atomic E-state index is 12.4. The molecule has 0 aliphatic carbocycles. The number of carbonyl (C=O) groups excluding carboxylic acids is 1. The van der Waals surface area contributed by atoms with Crippen molar-refractivity contribution in [3.05, 3.63) is 41.2 Å². The molecule has 0 radical (unpaired) electrons. The number of halogens is 1. The molecule has 1 amide bonds. The fourth-order valence-corrected chi connectivity index (χ4v) is 4.06. The summed E-state index contributed by atoms with van der Waals surface area (Å²) in [5.41, 5.74) is 3.32. The van der Waals surface area contributed by atoms with Gasteiger partial charge in [0.15, 0.2) is 5.69 Å². The van der Waals surface area contributed by atoms with Crippen LogP contribution in [0.25, 0.3) is 0 Å². The first-order chi connectivity index (χ1) is 12.5. The van der Waals surface area contributed by atoms with E-state index < -0.39 is 10.0 Å². The Bertz CT molecular complexity index is 880. The number of sulfonamides is 1. The fourth-order valence-electron chi connectivity index (χ4n) is 2.79. The number of fused-ring (bicyclic) bond motifs is 1. The molecule has 148 valence electrons. The highest BCUT2D eigenvalue weighted by Crippen LogP contribution is 2.19. The predicted molar refractivity (Wildman–Crippen MR) is 108 cm³/mol. The van der Waals surface area contributed by atoms with Gasteiger partial charge in [0.1, 0.15) is 0 Å². The summed E-state index contributed by atoms with van der Waals surface area (Å²) in [7, 11) is -3.34. The van der Waals surface area contributed by atoms with E-state index >= 15 is 0 Å². The Morgan fingerprint density at radius 1 is 1.22 bits per heavy atom. The predicted octanol–water partition coefficient (Wildman–Crippen LogP) is 2.27. The molecule has 0 saturated heterocycles. The lowest BCUT2D eigenvalue weighted by molar-refractivity contribution is 0.102. The molecule has 0 fully saturated rings. The summed E-state index contributed by atoms with van der Waals surface area (Å²) in [4.78, 5) is 12.4. The molecule has 0 spiro atoms. The number of anilines is 2. The summed E-state index contributed by atoms with van der Waals surface area (Å²) >= 11 is 0. The minimum Gasteiger partial charge on any atom is -0.321 e. The van der Waals surface area contributed by atoms with Gasteiger partial charge in [-0.3, -0.25) is 14.6 Å². The Morgan fingerprint density at radius 2 is 1.93 bits per heavy atom. The smallest absolute Gasteiger partial charge is 0.276 e. The number of aromatic amines is 1. The van der Waals surface area contributed by atoms with Crippen LogP contribution in [-0.2, 0) is 23.0 Å². The van der Waals surface area contributed by atoms with Crippen molar-refractivity contribution >= 4 is 39.7 Å². The number of amides is 1. The minimum atomic E-state index is -3.34. The van der Waals surface area contributed by atoms with Crippen molar-refractivity contribution in [3.8, 4) is 0 Å². The standard InChI is InChI=1S/C17H23N5O3S.ClH/c1-2-3-10-26(24,25)22-13-6-4-12(5-7-13)19-17(23)16-14-11-18-9-8-15(14)20-21-16;/h4-7,18,22H,2-3,8-11H2,1H3,(H,19,23)(H,20,21);1H. The molecule has 0 saturated carbocycles. The van der Waals surface area contributed by atoms with Crippen molar-refractivity contribution in [2.24, 2.45) is 0 Å². The topological polar surface area (TPSA) is 116 Å². The van der Waals surface area contributed by atoms with Gasteiger partial charge in [-0.2, -0.15) is 5.10 Å². The van der Waals surface area contributed by atoms with Crippen LogP contribution in [0, 0.1) is 0 Å².